The molecule has 1 aliphatic carbocycles. The molecule has 0 amide bonds. The van der Waals surface area contributed by atoms with E-state index in [0.717, 1.165) is 40.2 Å². The van der Waals surface area contributed by atoms with E-state index in [9.17, 15) is 0 Å². The standard InChI is InChI=1S/C48H35N3/c1-48(27-13-4-14-28-48)36-31-42(33-15-5-2-6-16-33)49-47(32-36)51-44-22-12-10-20-39(44)41-29-34(24-26-45(41)51)35-23-25-40-38-19-9-11-21-43(38)50(46(40)30-35)37-17-7-3-8-18-37/h2-27,29-32H,28H2,1H3. The van der Waals surface area contributed by atoms with Gasteiger partial charge in [0.15, 0.2) is 0 Å². The lowest BCUT2D eigenvalue weighted by atomic mass is 9.77. The zero-order valence-electron chi connectivity index (χ0n) is 28.4. The Kier molecular flexibility index (Phi) is 6.68. The Labute approximate surface area is 297 Å². The van der Waals surface area contributed by atoms with Gasteiger partial charge < -0.3 is 4.57 Å². The van der Waals surface area contributed by atoms with Gasteiger partial charge in [0.05, 0.1) is 27.8 Å². The predicted molar refractivity (Wildman–Crippen MR) is 214 cm³/mol. The lowest BCUT2D eigenvalue weighted by Crippen LogP contribution is -2.20. The average Bonchev–Trinajstić information content (AvgIpc) is 3.71. The number of allylic oxidation sites excluding steroid dienone is 4. The molecule has 0 bridgehead atoms. The van der Waals surface area contributed by atoms with Crippen molar-refractivity contribution >= 4 is 43.6 Å². The smallest absolute Gasteiger partial charge is 0.138 e. The van der Waals surface area contributed by atoms with Crippen molar-refractivity contribution in [1.29, 1.82) is 0 Å². The van der Waals surface area contributed by atoms with E-state index < -0.39 is 0 Å². The first-order valence-electron chi connectivity index (χ1n) is 17.7. The van der Waals surface area contributed by atoms with E-state index in [0.29, 0.717) is 0 Å². The lowest BCUT2D eigenvalue weighted by molar-refractivity contribution is 0.598. The molecule has 3 nitrogen and oxygen atoms in total. The molecule has 3 heterocycles. The molecule has 1 atom stereocenters. The Hall–Kier alpha value is -6.45. The van der Waals surface area contributed by atoms with Gasteiger partial charge in [-0.15, -0.1) is 0 Å². The summed E-state index contributed by atoms with van der Waals surface area (Å²) in [6.45, 7) is 2.33. The third-order valence-electron chi connectivity index (χ3n) is 10.7. The first-order valence-corrected chi connectivity index (χ1v) is 17.7. The van der Waals surface area contributed by atoms with Gasteiger partial charge >= 0.3 is 0 Å². The maximum absolute atomic E-state index is 5.36. The summed E-state index contributed by atoms with van der Waals surface area (Å²) < 4.78 is 4.74. The van der Waals surface area contributed by atoms with Crippen LogP contribution >= 0.6 is 0 Å². The van der Waals surface area contributed by atoms with E-state index in [1.807, 2.05) is 0 Å². The molecule has 0 N–H and O–H groups in total. The maximum atomic E-state index is 5.36. The second kappa shape index (κ2) is 11.6. The minimum atomic E-state index is -0.122. The van der Waals surface area contributed by atoms with Gasteiger partial charge in [-0.05, 0) is 77.7 Å². The van der Waals surface area contributed by atoms with Crippen molar-refractivity contribution in [2.45, 2.75) is 18.8 Å². The van der Waals surface area contributed by atoms with E-state index in [1.165, 1.54) is 49.3 Å². The van der Waals surface area contributed by atoms with Gasteiger partial charge in [0.1, 0.15) is 5.82 Å². The third-order valence-corrected chi connectivity index (χ3v) is 10.7. The topological polar surface area (TPSA) is 22.8 Å². The summed E-state index contributed by atoms with van der Waals surface area (Å²) in [6.07, 6.45) is 9.86. The van der Waals surface area contributed by atoms with Gasteiger partial charge in [0.2, 0.25) is 0 Å². The Bertz CT molecular complexity index is 2830. The molecule has 1 aliphatic rings. The Morgan fingerprint density at radius 1 is 0.490 bits per heavy atom. The van der Waals surface area contributed by atoms with Crippen LogP contribution in [0.3, 0.4) is 0 Å². The van der Waals surface area contributed by atoms with Crippen LogP contribution in [0, 0.1) is 0 Å². The summed E-state index contributed by atoms with van der Waals surface area (Å²) in [4.78, 5) is 5.36. The molecule has 51 heavy (non-hydrogen) atoms. The van der Waals surface area contributed by atoms with Crippen LogP contribution in [0.2, 0.25) is 0 Å². The van der Waals surface area contributed by atoms with E-state index >= 15 is 0 Å². The predicted octanol–water partition coefficient (Wildman–Crippen LogP) is 12.4. The zero-order valence-corrected chi connectivity index (χ0v) is 28.4. The highest BCUT2D eigenvalue weighted by molar-refractivity contribution is 6.12. The zero-order chi connectivity index (χ0) is 33.9. The van der Waals surface area contributed by atoms with Crippen molar-refractivity contribution in [3.8, 4) is 33.9 Å². The molecule has 1 unspecified atom stereocenters. The normalized spacial score (nSPS) is 15.8. The molecule has 6 aromatic carbocycles. The highest BCUT2D eigenvalue weighted by Gasteiger charge is 2.26. The average molecular weight is 654 g/mol. The van der Waals surface area contributed by atoms with Gasteiger partial charge in [-0.25, -0.2) is 4.98 Å². The largest absolute Gasteiger partial charge is 0.309 e. The van der Waals surface area contributed by atoms with E-state index in [-0.39, 0.29) is 5.41 Å². The summed E-state index contributed by atoms with van der Waals surface area (Å²) in [5.74, 6) is 0.934. The van der Waals surface area contributed by atoms with Crippen molar-refractivity contribution in [1.82, 2.24) is 14.1 Å². The number of para-hydroxylation sites is 3. The van der Waals surface area contributed by atoms with Crippen LogP contribution < -0.4 is 0 Å². The van der Waals surface area contributed by atoms with Gasteiger partial charge in [-0.2, -0.15) is 0 Å². The maximum Gasteiger partial charge on any atom is 0.138 e. The molecule has 9 aromatic rings. The Balaban J connectivity index is 1.18. The fourth-order valence-electron chi connectivity index (χ4n) is 8.06. The summed E-state index contributed by atoms with van der Waals surface area (Å²) in [7, 11) is 0. The molecular weight excluding hydrogens is 619 g/mol. The molecule has 0 fully saturated rings. The highest BCUT2D eigenvalue weighted by atomic mass is 15.1. The first kappa shape index (κ1) is 29.5. The van der Waals surface area contributed by atoms with E-state index in [2.05, 4.69) is 198 Å². The van der Waals surface area contributed by atoms with Crippen LogP contribution in [0.25, 0.3) is 77.5 Å². The quantitative estimate of drug-likeness (QED) is 0.181. The summed E-state index contributed by atoms with van der Waals surface area (Å²) in [5, 5.41) is 4.95. The monoisotopic (exact) mass is 653 g/mol. The first-order chi connectivity index (χ1) is 25.1. The molecule has 0 aliphatic heterocycles. The summed E-state index contributed by atoms with van der Waals surface area (Å²) in [6, 6.07) is 57.1. The fourth-order valence-corrected chi connectivity index (χ4v) is 8.06. The van der Waals surface area contributed by atoms with E-state index in [1.54, 1.807) is 0 Å². The molecule has 0 spiro atoms. The summed E-state index contributed by atoms with van der Waals surface area (Å²) in [5.41, 5.74) is 11.5. The van der Waals surface area contributed by atoms with Crippen molar-refractivity contribution in [2.24, 2.45) is 0 Å². The SMILES string of the molecule is CC1(c2cc(-c3ccccc3)nc(-n3c4ccccc4c4cc(-c5ccc6c7ccccc7n(-c7ccccc7)c6c5)ccc43)c2)C=CC=CC1. The van der Waals surface area contributed by atoms with Crippen molar-refractivity contribution in [3.05, 3.63) is 188 Å². The molecule has 3 aromatic heterocycles. The fraction of sp³-hybridized carbons (Fsp3) is 0.0625. The van der Waals surface area contributed by atoms with Gasteiger partial charge in [-0.3, -0.25) is 4.57 Å². The number of nitrogens with zero attached hydrogens (tertiary/aromatic N) is 3. The highest BCUT2D eigenvalue weighted by Crippen LogP contribution is 2.40. The van der Waals surface area contributed by atoms with Crippen LogP contribution in [-0.4, -0.2) is 14.1 Å². The molecule has 3 heteroatoms. The number of rotatable bonds is 5. The third kappa shape index (κ3) is 4.77. The van der Waals surface area contributed by atoms with Crippen molar-refractivity contribution in [2.75, 3.05) is 0 Å². The molecule has 242 valence electrons. The lowest BCUT2D eigenvalue weighted by Gasteiger charge is -2.28. The van der Waals surface area contributed by atoms with Crippen LogP contribution in [-0.2, 0) is 5.41 Å². The number of hydrogen-bond acceptors (Lipinski definition) is 1. The van der Waals surface area contributed by atoms with Crippen LogP contribution in [0.1, 0.15) is 18.9 Å². The Morgan fingerprint density at radius 3 is 1.88 bits per heavy atom. The summed E-state index contributed by atoms with van der Waals surface area (Å²) >= 11 is 0. The molecule has 0 saturated carbocycles. The number of fused-ring (bicyclic) bond motifs is 6. The number of hydrogen-bond donors (Lipinski definition) is 0. The van der Waals surface area contributed by atoms with Gasteiger partial charge in [-0.1, -0.05) is 134 Å². The molecule has 10 rings (SSSR count). The number of benzene rings is 6. The van der Waals surface area contributed by atoms with Crippen molar-refractivity contribution in [3.63, 3.8) is 0 Å². The minimum Gasteiger partial charge on any atom is -0.309 e. The van der Waals surface area contributed by atoms with E-state index in [4.69, 9.17) is 4.98 Å². The second-order valence-corrected chi connectivity index (χ2v) is 13.9. The van der Waals surface area contributed by atoms with Crippen molar-refractivity contribution < 1.29 is 0 Å². The van der Waals surface area contributed by atoms with Crippen LogP contribution in [0.4, 0.5) is 0 Å². The van der Waals surface area contributed by atoms with Gasteiger partial charge in [0.25, 0.3) is 0 Å². The second-order valence-electron chi connectivity index (χ2n) is 13.9. The Morgan fingerprint density at radius 2 is 1.12 bits per heavy atom. The molecule has 0 radical (unpaired) electrons. The van der Waals surface area contributed by atoms with Crippen LogP contribution in [0.5, 0.6) is 0 Å². The molecule has 0 saturated heterocycles. The van der Waals surface area contributed by atoms with Crippen LogP contribution in [0.15, 0.2) is 182 Å². The number of pyridine rings is 1. The van der Waals surface area contributed by atoms with Gasteiger partial charge in [0, 0.05) is 38.2 Å². The number of aromatic nitrogens is 3. The minimum absolute atomic E-state index is 0.122. The molecular formula is C48H35N3.